The van der Waals surface area contributed by atoms with E-state index in [-0.39, 0.29) is 0 Å². The number of amides is 2. The number of anilines is 2. The molecule has 136 valence electrons. The van der Waals surface area contributed by atoms with Gasteiger partial charge in [-0.05, 0) is 31.3 Å². The van der Waals surface area contributed by atoms with Crippen molar-refractivity contribution in [3.63, 3.8) is 0 Å². The number of methoxy groups -OCH3 is 1. The van der Waals surface area contributed by atoms with E-state index in [1.807, 2.05) is 7.05 Å². The van der Waals surface area contributed by atoms with Gasteiger partial charge >= 0.3 is 17.8 Å². The van der Waals surface area contributed by atoms with Crippen molar-refractivity contribution in [3.8, 4) is 0 Å². The fraction of sp³-hybridized carbons (Fsp3) is 0.294. The summed E-state index contributed by atoms with van der Waals surface area (Å²) in [5.74, 6) is -2.07. The third-order valence-corrected chi connectivity index (χ3v) is 4.91. The summed E-state index contributed by atoms with van der Waals surface area (Å²) in [4.78, 5) is 43.2. The van der Waals surface area contributed by atoms with Gasteiger partial charge in [-0.15, -0.1) is 11.3 Å². The first kappa shape index (κ1) is 18.0. The van der Waals surface area contributed by atoms with E-state index in [1.165, 1.54) is 42.7 Å². The quantitative estimate of drug-likeness (QED) is 0.624. The number of carbonyl (C=O) groups excluding carboxylic acids is 3. The highest BCUT2D eigenvalue weighted by Crippen LogP contribution is 2.27. The van der Waals surface area contributed by atoms with Crippen molar-refractivity contribution in [2.45, 2.75) is 13.0 Å². The third kappa shape index (κ3) is 4.06. The molecule has 0 fully saturated rings. The van der Waals surface area contributed by atoms with E-state index >= 15 is 0 Å². The van der Waals surface area contributed by atoms with Gasteiger partial charge in [-0.2, -0.15) is 0 Å². The second-order valence-electron chi connectivity index (χ2n) is 5.85. The highest BCUT2D eigenvalue weighted by molar-refractivity contribution is 7.16. The van der Waals surface area contributed by atoms with Crippen molar-refractivity contribution < 1.29 is 19.1 Å². The number of hydrogen-bond donors (Lipinski definition) is 2. The Bertz CT molecular complexity index is 847. The predicted octanol–water partition coefficient (Wildman–Crippen LogP) is 1.49. The van der Waals surface area contributed by atoms with Gasteiger partial charge in [-0.1, -0.05) is 0 Å². The summed E-state index contributed by atoms with van der Waals surface area (Å²) in [6.45, 7) is 1.72. The van der Waals surface area contributed by atoms with Crippen LogP contribution in [-0.4, -0.2) is 48.4 Å². The maximum Gasteiger partial charge on any atom is 0.337 e. The number of nitrogens with one attached hydrogen (secondary N) is 2. The minimum atomic E-state index is -0.805. The molecular weight excluding hydrogens is 356 g/mol. The molecule has 26 heavy (non-hydrogen) atoms. The largest absolute Gasteiger partial charge is 0.465 e. The zero-order valence-corrected chi connectivity index (χ0v) is 15.2. The fourth-order valence-electron chi connectivity index (χ4n) is 2.53. The summed E-state index contributed by atoms with van der Waals surface area (Å²) >= 11 is 1.38. The van der Waals surface area contributed by atoms with Crippen LogP contribution in [-0.2, 0) is 27.3 Å². The van der Waals surface area contributed by atoms with Crippen LogP contribution in [0.25, 0.3) is 0 Å². The molecule has 2 aromatic rings. The Kier molecular flexibility index (Phi) is 5.29. The third-order valence-electron chi connectivity index (χ3n) is 3.91. The average Bonchev–Trinajstić information content (AvgIpc) is 3.02. The van der Waals surface area contributed by atoms with Gasteiger partial charge in [0.05, 0.1) is 18.4 Å². The Morgan fingerprint density at radius 1 is 1.15 bits per heavy atom. The standard InChI is InChI=1S/C17H18N4O4S/c1-21-8-7-12-13(9-21)26-17(19-12)20-15(23)14(22)18-11-5-3-10(4-6-11)16(24)25-2/h3-6H,7-9H2,1-2H3,(H,18,22)(H,19,20,23). The average molecular weight is 374 g/mol. The molecule has 3 rings (SSSR count). The minimum absolute atomic E-state index is 0.355. The van der Waals surface area contributed by atoms with Gasteiger partial charge < -0.3 is 15.0 Å². The van der Waals surface area contributed by atoms with Gasteiger partial charge in [0.2, 0.25) is 0 Å². The van der Waals surface area contributed by atoms with Gasteiger partial charge in [0.1, 0.15) is 0 Å². The summed E-state index contributed by atoms with van der Waals surface area (Å²) in [5.41, 5.74) is 1.73. The minimum Gasteiger partial charge on any atom is -0.465 e. The molecule has 2 heterocycles. The summed E-state index contributed by atoms with van der Waals surface area (Å²) < 4.78 is 4.60. The second kappa shape index (κ2) is 7.63. The SMILES string of the molecule is COC(=O)c1ccc(NC(=O)C(=O)Nc2nc3c(s2)CN(C)CC3)cc1. The molecule has 0 unspecified atom stereocenters. The predicted molar refractivity (Wildman–Crippen MR) is 97.2 cm³/mol. The number of nitrogens with zero attached hydrogens (tertiary/aromatic N) is 2. The number of thiazole rings is 1. The molecule has 2 amide bonds. The van der Waals surface area contributed by atoms with E-state index in [4.69, 9.17) is 0 Å². The topological polar surface area (TPSA) is 101 Å². The summed E-state index contributed by atoms with van der Waals surface area (Å²) in [6, 6.07) is 6.06. The number of carbonyl (C=O) groups is 3. The number of rotatable bonds is 3. The van der Waals surface area contributed by atoms with Crippen LogP contribution in [0.5, 0.6) is 0 Å². The highest BCUT2D eigenvalue weighted by Gasteiger charge is 2.21. The van der Waals surface area contributed by atoms with Crippen molar-refractivity contribution in [2.75, 3.05) is 31.3 Å². The monoisotopic (exact) mass is 374 g/mol. The number of aromatic nitrogens is 1. The first-order valence-corrected chi connectivity index (χ1v) is 8.75. The number of fused-ring (bicyclic) bond motifs is 1. The Morgan fingerprint density at radius 3 is 2.54 bits per heavy atom. The first-order chi connectivity index (χ1) is 12.5. The molecule has 9 heteroatoms. The summed E-state index contributed by atoms with van der Waals surface area (Å²) in [5, 5.41) is 5.44. The molecule has 0 radical (unpaired) electrons. The molecule has 1 aliphatic rings. The lowest BCUT2D eigenvalue weighted by atomic mass is 10.2. The zero-order chi connectivity index (χ0) is 18.7. The van der Waals surface area contributed by atoms with Crippen molar-refractivity contribution in [2.24, 2.45) is 0 Å². The van der Waals surface area contributed by atoms with Crippen LogP contribution in [0.4, 0.5) is 10.8 Å². The maximum atomic E-state index is 12.1. The fourth-order valence-corrected chi connectivity index (χ4v) is 3.61. The van der Waals surface area contributed by atoms with Gasteiger partial charge in [-0.25, -0.2) is 9.78 Å². The summed E-state index contributed by atoms with van der Waals surface area (Å²) in [6.07, 6.45) is 0.830. The normalized spacial score (nSPS) is 13.6. The number of hydrogen-bond acceptors (Lipinski definition) is 7. The number of benzene rings is 1. The van der Waals surface area contributed by atoms with E-state index < -0.39 is 17.8 Å². The van der Waals surface area contributed by atoms with Crippen molar-refractivity contribution in [1.29, 1.82) is 0 Å². The lowest BCUT2D eigenvalue weighted by Crippen LogP contribution is -2.29. The van der Waals surface area contributed by atoms with Crippen LogP contribution in [0, 0.1) is 0 Å². The van der Waals surface area contributed by atoms with Crippen LogP contribution in [0.3, 0.4) is 0 Å². The molecule has 1 aliphatic heterocycles. The molecule has 0 aliphatic carbocycles. The van der Waals surface area contributed by atoms with E-state index in [1.54, 1.807) is 0 Å². The Morgan fingerprint density at radius 2 is 1.85 bits per heavy atom. The second-order valence-corrected chi connectivity index (χ2v) is 6.94. The van der Waals surface area contributed by atoms with Crippen LogP contribution in [0.15, 0.2) is 24.3 Å². The smallest absolute Gasteiger partial charge is 0.337 e. The molecule has 0 saturated carbocycles. The number of likely N-dealkylation sites (N-methyl/N-ethyl adjacent to an activating group) is 1. The Hall–Kier alpha value is -2.78. The molecule has 8 nitrogen and oxygen atoms in total. The van der Waals surface area contributed by atoms with Crippen LogP contribution < -0.4 is 10.6 Å². The Labute approximate surface area is 154 Å². The molecule has 1 aromatic heterocycles. The van der Waals surface area contributed by atoms with E-state index in [0.29, 0.717) is 16.4 Å². The van der Waals surface area contributed by atoms with Crippen molar-refractivity contribution >= 4 is 39.9 Å². The molecule has 1 aromatic carbocycles. The van der Waals surface area contributed by atoms with E-state index in [0.717, 1.165) is 30.1 Å². The lowest BCUT2D eigenvalue weighted by molar-refractivity contribution is -0.132. The zero-order valence-electron chi connectivity index (χ0n) is 14.4. The molecule has 0 atom stereocenters. The molecule has 0 bridgehead atoms. The van der Waals surface area contributed by atoms with Crippen LogP contribution in [0.2, 0.25) is 0 Å². The highest BCUT2D eigenvalue weighted by atomic mass is 32.1. The van der Waals surface area contributed by atoms with Gasteiger partial charge in [-0.3, -0.25) is 14.9 Å². The first-order valence-electron chi connectivity index (χ1n) is 7.94. The van der Waals surface area contributed by atoms with Crippen LogP contribution in [0.1, 0.15) is 20.9 Å². The number of ether oxygens (including phenoxy) is 1. The summed E-state index contributed by atoms with van der Waals surface area (Å²) in [7, 11) is 3.32. The van der Waals surface area contributed by atoms with E-state index in [2.05, 4.69) is 25.3 Å². The lowest BCUT2D eigenvalue weighted by Gasteiger charge is -2.20. The van der Waals surface area contributed by atoms with Crippen LogP contribution >= 0.6 is 11.3 Å². The molecular formula is C17H18N4O4S. The van der Waals surface area contributed by atoms with Gasteiger partial charge in [0.15, 0.2) is 5.13 Å². The van der Waals surface area contributed by atoms with Gasteiger partial charge in [0, 0.05) is 30.1 Å². The number of esters is 1. The maximum absolute atomic E-state index is 12.1. The van der Waals surface area contributed by atoms with Gasteiger partial charge in [0.25, 0.3) is 0 Å². The van der Waals surface area contributed by atoms with Crippen molar-refractivity contribution in [1.82, 2.24) is 9.88 Å². The van der Waals surface area contributed by atoms with E-state index in [9.17, 15) is 14.4 Å². The molecule has 0 spiro atoms. The Balaban J connectivity index is 1.60. The van der Waals surface area contributed by atoms with Crippen molar-refractivity contribution in [3.05, 3.63) is 40.4 Å². The molecule has 2 N–H and O–H groups in total. The molecule has 0 saturated heterocycles.